The van der Waals surface area contributed by atoms with E-state index in [-0.39, 0.29) is 13.2 Å². The van der Waals surface area contributed by atoms with Crippen molar-refractivity contribution >= 4 is 9.03 Å². The normalized spacial score (nSPS) is 43.0. The maximum atomic E-state index is 9.62. The summed E-state index contributed by atoms with van der Waals surface area (Å²) >= 11 is 0. The molecule has 6 heteroatoms. The van der Waals surface area contributed by atoms with Crippen LogP contribution in [0.5, 0.6) is 0 Å². The fourth-order valence-corrected chi connectivity index (χ4v) is 1.77. The highest BCUT2D eigenvalue weighted by molar-refractivity contribution is 7.25. The number of hydrogen-bond acceptors (Lipinski definition) is 5. The first-order valence-electron chi connectivity index (χ1n) is 3.61. The molecule has 3 unspecified atom stereocenters. The Morgan fingerprint density at radius 3 is 2.92 bits per heavy atom. The summed E-state index contributed by atoms with van der Waals surface area (Å²) in [6.45, 7) is 1.45. The number of aliphatic hydroxyl groups is 2. The molecule has 1 fully saturated rings. The van der Waals surface area contributed by atoms with Gasteiger partial charge in [-0.25, -0.2) is 0 Å². The van der Waals surface area contributed by atoms with E-state index in [2.05, 4.69) is 0 Å². The smallest absolute Gasteiger partial charge is 0.152 e. The van der Waals surface area contributed by atoms with Gasteiger partial charge in [-0.3, -0.25) is 0 Å². The van der Waals surface area contributed by atoms with Gasteiger partial charge in [0.1, 0.15) is 17.8 Å². The molecule has 1 heterocycles. The third kappa shape index (κ3) is 1.93. The van der Waals surface area contributed by atoms with Crippen LogP contribution in [-0.2, 0) is 9.26 Å². The van der Waals surface area contributed by atoms with Crippen LogP contribution in [-0.4, -0.2) is 46.1 Å². The Labute approximate surface area is 72.3 Å². The van der Waals surface area contributed by atoms with Gasteiger partial charge in [0.15, 0.2) is 9.03 Å². The zero-order valence-corrected chi connectivity index (χ0v) is 7.73. The van der Waals surface area contributed by atoms with Gasteiger partial charge in [0, 0.05) is 0 Å². The van der Waals surface area contributed by atoms with Gasteiger partial charge in [0.25, 0.3) is 0 Å². The maximum Gasteiger partial charge on any atom is 0.152 e. The van der Waals surface area contributed by atoms with E-state index in [1.807, 2.05) is 0 Å². The average molecular weight is 196 g/mol. The lowest BCUT2D eigenvalue weighted by Gasteiger charge is -2.24. The number of hydrogen-bond donors (Lipinski definition) is 3. The van der Waals surface area contributed by atoms with Crippen LogP contribution >= 0.6 is 9.03 Å². The van der Waals surface area contributed by atoms with Gasteiger partial charge in [-0.15, -0.1) is 0 Å². The second kappa shape index (κ2) is 3.96. The molecule has 0 aromatic carbocycles. The number of aliphatic hydroxyl groups excluding tert-OH is 1. The first-order valence-corrected chi connectivity index (χ1v) is 4.47. The molecule has 0 spiro atoms. The van der Waals surface area contributed by atoms with Crippen LogP contribution in [0.25, 0.3) is 0 Å². The number of rotatable bonds is 3. The molecule has 5 nitrogen and oxygen atoms in total. The standard InChI is InChI=1S/C6H13O5P/c1-6(8)3-10-4(2-7)5(6)11-12-9/h4-5,7-9,12H,2-3H2,1H3/t4-,5?,6?/m1/s1. The van der Waals surface area contributed by atoms with E-state index in [4.69, 9.17) is 19.3 Å². The molecule has 3 N–H and O–H groups in total. The SMILES string of the molecule is CC1(O)CO[C@H](CO)C1OPO. The largest absolute Gasteiger partial charge is 0.394 e. The minimum absolute atomic E-state index is 0.118. The first kappa shape index (κ1) is 10.3. The van der Waals surface area contributed by atoms with E-state index in [1.165, 1.54) is 0 Å². The summed E-state index contributed by atoms with van der Waals surface area (Å²) < 4.78 is 9.92. The van der Waals surface area contributed by atoms with Gasteiger partial charge in [-0.1, -0.05) is 0 Å². The third-order valence-corrected chi connectivity index (χ3v) is 2.26. The lowest BCUT2D eigenvalue weighted by molar-refractivity contribution is -0.0249. The highest BCUT2D eigenvalue weighted by Crippen LogP contribution is 2.30. The average Bonchev–Trinajstić information content (AvgIpc) is 2.29. The Morgan fingerprint density at radius 2 is 2.42 bits per heavy atom. The second-order valence-electron chi connectivity index (χ2n) is 3.02. The maximum absolute atomic E-state index is 9.62. The molecule has 1 saturated heterocycles. The minimum Gasteiger partial charge on any atom is -0.394 e. The molecule has 0 amide bonds. The van der Waals surface area contributed by atoms with Crippen LogP contribution in [0.4, 0.5) is 0 Å². The Bertz CT molecular complexity index is 151. The summed E-state index contributed by atoms with van der Waals surface area (Å²) in [7, 11) is -0.704. The molecule has 0 bridgehead atoms. The van der Waals surface area contributed by atoms with Crippen LogP contribution in [0.3, 0.4) is 0 Å². The van der Waals surface area contributed by atoms with Gasteiger partial charge in [-0.2, -0.15) is 0 Å². The Balaban J connectivity index is 2.59. The fourth-order valence-electron chi connectivity index (χ4n) is 1.25. The summed E-state index contributed by atoms with van der Waals surface area (Å²) in [5.41, 5.74) is -1.12. The quantitative estimate of drug-likeness (QED) is 0.505. The van der Waals surface area contributed by atoms with Crippen molar-refractivity contribution in [1.82, 2.24) is 0 Å². The molecule has 1 aliphatic rings. The monoisotopic (exact) mass is 196 g/mol. The third-order valence-electron chi connectivity index (χ3n) is 1.90. The predicted molar refractivity (Wildman–Crippen MR) is 42.9 cm³/mol. The van der Waals surface area contributed by atoms with Gasteiger partial charge in [-0.05, 0) is 6.92 Å². The van der Waals surface area contributed by atoms with E-state index in [0.717, 1.165) is 0 Å². The van der Waals surface area contributed by atoms with Crippen molar-refractivity contribution in [1.29, 1.82) is 0 Å². The van der Waals surface area contributed by atoms with Crippen LogP contribution < -0.4 is 0 Å². The summed E-state index contributed by atoms with van der Waals surface area (Å²) in [4.78, 5) is 8.53. The van der Waals surface area contributed by atoms with Crippen molar-refractivity contribution in [3.8, 4) is 0 Å². The zero-order valence-electron chi connectivity index (χ0n) is 6.73. The molecule has 0 aliphatic carbocycles. The molecule has 1 rings (SSSR count). The molecule has 1 aliphatic heterocycles. The van der Waals surface area contributed by atoms with Gasteiger partial charge in [0.2, 0.25) is 0 Å². The van der Waals surface area contributed by atoms with Gasteiger partial charge in [0.05, 0.1) is 13.2 Å². The van der Waals surface area contributed by atoms with E-state index in [9.17, 15) is 5.11 Å². The Kier molecular flexibility index (Phi) is 3.40. The van der Waals surface area contributed by atoms with Gasteiger partial charge >= 0.3 is 0 Å². The van der Waals surface area contributed by atoms with E-state index in [0.29, 0.717) is 0 Å². The second-order valence-corrected chi connectivity index (χ2v) is 3.44. The van der Waals surface area contributed by atoms with Crippen molar-refractivity contribution in [3.05, 3.63) is 0 Å². The molecular weight excluding hydrogens is 183 g/mol. The zero-order chi connectivity index (χ0) is 9.19. The molecular formula is C6H13O5P. The van der Waals surface area contributed by atoms with Crippen molar-refractivity contribution in [2.24, 2.45) is 0 Å². The van der Waals surface area contributed by atoms with Crippen molar-refractivity contribution in [2.45, 2.75) is 24.7 Å². The molecule has 0 aromatic rings. The van der Waals surface area contributed by atoms with Crippen molar-refractivity contribution < 1.29 is 24.4 Å². The Hall–Kier alpha value is 0.230. The molecule has 0 aromatic heterocycles. The summed E-state index contributed by atoms with van der Waals surface area (Å²) in [5.74, 6) is 0. The molecule has 0 saturated carbocycles. The molecule has 12 heavy (non-hydrogen) atoms. The Morgan fingerprint density at radius 1 is 1.75 bits per heavy atom. The van der Waals surface area contributed by atoms with E-state index >= 15 is 0 Å². The fraction of sp³-hybridized carbons (Fsp3) is 1.00. The molecule has 72 valence electrons. The summed E-state index contributed by atoms with van der Waals surface area (Å²) in [5, 5.41) is 18.4. The highest BCUT2D eigenvalue weighted by Gasteiger charge is 2.46. The summed E-state index contributed by atoms with van der Waals surface area (Å²) in [6, 6.07) is 0. The van der Waals surface area contributed by atoms with Crippen molar-refractivity contribution in [3.63, 3.8) is 0 Å². The lowest BCUT2D eigenvalue weighted by atomic mass is 10.00. The van der Waals surface area contributed by atoms with E-state index < -0.39 is 26.8 Å². The van der Waals surface area contributed by atoms with Crippen molar-refractivity contribution in [2.75, 3.05) is 13.2 Å². The lowest BCUT2D eigenvalue weighted by Crippen LogP contribution is -2.42. The first-order chi connectivity index (χ1) is 5.61. The van der Waals surface area contributed by atoms with Crippen LogP contribution in [0.1, 0.15) is 6.92 Å². The topological polar surface area (TPSA) is 79.2 Å². The predicted octanol–water partition coefficient (Wildman–Crippen LogP) is -0.986. The summed E-state index contributed by atoms with van der Waals surface area (Å²) in [6.07, 6.45) is -1.19. The minimum atomic E-state index is -1.12. The van der Waals surface area contributed by atoms with Crippen LogP contribution in [0.15, 0.2) is 0 Å². The highest BCUT2D eigenvalue weighted by atomic mass is 31.1. The van der Waals surface area contributed by atoms with Crippen LogP contribution in [0.2, 0.25) is 0 Å². The van der Waals surface area contributed by atoms with Gasteiger partial charge < -0.3 is 24.4 Å². The number of ether oxygens (including phenoxy) is 1. The molecule has 4 atom stereocenters. The van der Waals surface area contributed by atoms with E-state index in [1.54, 1.807) is 6.92 Å². The van der Waals surface area contributed by atoms with Crippen LogP contribution in [0, 0.1) is 0 Å². The molecule has 0 radical (unpaired) electrons.